The average Bonchev–Trinajstić information content (AvgIpc) is 2.84. The van der Waals surface area contributed by atoms with Gasteiger partial charge in [0.05, 0.1) is 6.61 Å². The number of H-pyrrole nitrogens is 1. The van der Waals surface area contributed by atoms with Gasteiger partial charge in [0.25, 0.3) is 0 Å². The Hall–Kier alpha value is -3.09. The molecule has 1 fully saturated rings. The first-order chi connectivity index (χ1) is 16.2. The van der Waals surface area contributed by atoms with Gasteiger partial charge in [-0.3, -0.25) is 9.69 Å². The molecule has 2 aromatic heterocycles. The number of rotatable bonds is 7. The lowest BCUT2D eigenvalue weighted by atomic mass is 10.1. The monoisotopic (exact) mass is 462 g/mol. The van der Waals surface area contributed by atoms with Gasteiger partial charge in [-0.05, 0) is 43.7 Å². The summed E-state index contributed by atoms with van der Waals surface area (Å²) in [6.45, 7) is 5.82. The number of halogens is 1. The number of hydrogen-bond donors (Lipinski definition) is 1. The van der Waals surface area contributed by atoms with Gasteiger partial charge in [-0.25, -0.2) is 0 Å². The highest BCUT2D eigenvalue weighted by molar-refractivity contribution is 6.35. The van der Waals surface area contributed by atoms with Crippen molar-refractivity contribution in [2.24, 2.45) is 0 Å². The van der Waals surface area contributed by atoms with E-state index in [9.17, 15) is 4.79 Å². The fourth-order valence-electron chi connectivity index (χ4n) is 4.45. The first-order valence-corrected chi connectivity index (χ1v) is 11.8. The summed E-state index contributed by atoms with van der Waals surface area (Å²) in [5.41, 5.74) is 1.68. The molecule has 1 aliphatic rings. The van der Waals surface area contributed by atoms with Crippen LogP contribution in [0.3, 0.4) is 0 Å². The number of ether oxygens (including phenoxy) is 1. The van der Waals surface area contributed by atoms with Gasteiger partial charge >= 0.3 is 0 Å². The summed E-state index contributed by atoms with van der Waals surface area (Å²) in [4.78, 5) is 23.6. The van der Waals surface area contributed by atoms with E-state index in [0.717, 1.165) is 61.4 Å². The fraction of sp³-hybridized carbons (Fsp3) is 0.308. The molecule has 0 unspecified atom stereocenters. The number of pyridine rings is 2. The SMILES string of the molecule is O=c1ccc2ccc(OCCCCN3CCN(c4cccc5c(Cl)cccc45)CC3)nc2[nH]1. The topological polar surface area (TPSA) is 61.5 Å². The summed E-state index contributed by atoms with van der Waals surface area (Å²) < 4.78 is 5.80. The number of aromatic amines is 1. The van der Waals surface area contributed by atoms with Gasteiger partial charge in [-0.1, -0.05) is 35.9 Å². The highest BCUT2D eigenvalue weighted by Crippen LogP contribution is 2.31. The van der Waals surface area contributed by atoms with Crippen LogP contribution in [0.2, 0.25) is 5.02 Å². The number of piperazine rings is 1. The summed E-state index contributed by atoms with van der Waals surface area (Å²) in [6.07, 6.45) is 2.04. The Balaban J connectivity index is 1.08. The molecule has 33 heavy (non-hydrogen) atoms. The van der Waals surface area contributed by atoms with Crippen LogP contribution in [0, 0.1) is 0 Å². The van der Waals surface area contributed by atoms with Crippen LogP contribution in [-0.4, -0.2) is 54.2 Å². The Morgan fingerprint density at radius 2 is 1.70 bits per heavy atom. The molecule has 0 atom stereocenters. The van der Waals surface area contributed by atoms with Crippen LogP contribution in [0.5, 0.6) is 5.88 Å². The molecule has 5 rings (SSSR count). The Morgan fingerprint density at radius 1 is 0.909 bits per heavy atom. The molecule has 1 N–H and O–H groups in total. The fourth-order valence-corrected chi connectivity index (χ4v) is 4.69. The van der Waals surface area contributed by atoms with E-state index in [2.05, 4.69) is 44.0 Å². The van der Waals surface area contributed by atoms with Crippen molar-refractivity contribution >= 4 is 39.1 Å². The third kappa shape index (κ3) is 4.97. The number of unbranched alkanes of at least 4 members (excludes halogenated alkanes) is 1. The molecule has 3 heterocycles. The minimum Gasteiger partial charge on any atom is -0.478 e. The van der Waals surface area contributed by atoms with E-state index in [0.29, 0.717) is 18.1 Å². The Kier molecular flexibility index (Phi) is 6.46. The van der Waals surface area contributed by atoms with Gasteiger partial charge in [0.2, 0.25) is 11.4 Å². The van der Waals surface area contributed by atoms with Crippen LogP contribution in [-0.2, 0) is 0 Å². The van der Waals surface area contributed by atoms with Crippen molar-refractivity contribution in [3.05, 3.63) is 76.0 Å². The van der Waals surface area contributed by atoms with E-state index in [1.165, 1.54) is 17.1 Å². The van der Waals surface area contributed by atoms with Crippen molar-refractivity contribution in [2.75, 3.05) is 44.2 Å². The normalized spacial score (nSPS) is 14.8. The number of benzene rings is 2. The third-order valence-electron chi connectivity index (χ3n) is 6.23. The van der Waals surface area contributed by atoms with Gasteiger partial charge in [0.15, 0.2) is 0 Å². The average molecular weight is 463 g/mol. The molecule has 0 spiro atoms. The van der Waals surface area contributed by atoms with Crippen molar-refractivity contribution in [3.63, 3.8) is 0 Å². The summed E-state index contributed by atoms with van der Waals surface area (Å²) in [7, 11) is 0. The maximum absolute atomic E-state index is 11.5. The standard InChI is InChI=1S/C26H27ClN4O2/c27-22-7-3-6-21-20(22)5-4-8-23(21)31-16-14-30(15-17-31)13-1-2-18-33-25-12-10-19-9-11-24(32)28-26(19)29-25/h3-12H,1-2,13-18H2,(H,28,29,32). The van der Waals surface area contributed by atoms with E-state index >= 15 is 0 Å². The van der Waals surface area contributed by atoms with E-state index in [-0.39, 0.29) is 5.56 Å². The molecule has 0 radical (unpaired) electrons. The molecule has 6 nitrogen and oxygen atoms in total. The molecule has 4 aromatic rings. The number of nitrogens with one attached hydrogen (secondary N) is 1. The van der Waals surface area contributed by atoms with E-state index < -0.39 is 0 Å². The zero-order chi connectivity index (χ0) is 22.6. The smallest absolute Gasteiger partial charge is 0.249 e. The molecule has 1 saturated heterocycles. The first-order valence-electron chi connectivity index (χ1n) is 11.4. The first kappa shape index (κ1) is 21.7. The molecule has 0 aliphatic carbocycles. The number of anilines is 1. The van der Waals surface area contributed by atoms with Crippen LogP contribution in [0.1, 0.15) is 12.8 Å². The molecular formula is C26H27ClN4O2. The predicted octanol–water partition coefficient (Wildman–Crippen LogP) is 4.71. The number of aromatic nitrogens is 2. The second kappa shape index (κ2) is 9.81. The van der Waals surface area contributed by atoms with Crippen LogP contribution in [0.25, 0.3) is 21.8 Å². The van der Waals surface area contributed by atoms with Gasteiger partial charge < -0.3 is 14.6 Å². The molecule has 0 saturated carbocycles. The lowest BCUT2D eigenvalue weighted by Gasteiger charge is -2.36. The van der Waals surface area contributed by atoms with Crippen molar-refractivity contribution < 1.29 is 4.74 Å². The minimum absolute atomic E-state index is 0.156. The van der Waals surface area contributed by atoms with Crippen LogP contribution in [0.15, 0.2) is 65.5 Å². The lowest BCUT2D eigenvalue weighted by molar-refractivity contribution is 0.237. The number of fused-ring (bicyclic) bond motifs is 2. The van der Waals surface area contributed by atoms with Crippen molar-refractivity contribution in [1.82, 2.24) is 14.9 Å². The largest absolute Gasteiger partial charge is 0.478 e. The van der Waals surface area contributed by atoms with E-state index in [1.807, 2.05) is 24.3 Å². The molecule has 0 bridgehead atoms. The Bertz CT molecular complexity index is 1310. The van der Waals surface area contributed by atoms with Crippen LogP contribution >= 0.6 is 11.6 Å². The van der Waals surface area contributed by atoms with Crippen molar-refractivity contribution in [2.45, 2.75) is 12.8 Å². The molecule has 0 amide bonds. The third-order valence-corrected chi connectivity index (χ3v) is 6.56. The zero-order valence-corrected chi connectivity index (χ0v) is 19.2. The van der Waals surface area contributed by atoms with E-state index in [1.54, 1.807) is 6.07 Å². The summed E-state index contributed by atoms with van der Waals surface area (Å²) in [5.74, 6) is 0.549. The maximum atomic E-state index is 11.5. The molecular weight excluding hydrogens is 436 g/mol. The lowest BCUT2D eigenvalue weighted by Crippen LogP contribution is -2.46. The Morgan fingerprint density at radius 3 is 2.58 bits per heavy atom. The quantitative estimate of drug-likeness (QED) is 0.403. The predicted molar refractivity (Wildman–Crippen MR) is 135 cm³/mol. The maximum Gasteiger partial charge on any atom is 0.249 e. The minimum atomic E-state index is -0.156. The summed E-state index contributed by atoms with van der Waals surface area (Å²) >= 11 is 6.39. The highest BCUT2D eigenvalue weighted by Gasteiger charge is 2.18. The van der Waals surface area contributed by atoms with Crippen molar-refractivity contribution in [1.29, 1.82) is 0 Å². The number of hydrogen-bond acceptors (Lipinski definition) is 5. The summed E-state index contributed by atoms with van der Waals surface area (Å²) in [6, 6.07) is 19.5. The van der Waals surface area contributed by atoms with Gasteiger partial charge in [0.1, 0.15) is 5.65 Å². The van der Waals surface area contributed by atoms with E-state index in [4.69, 9.17) is 16.3 Å². The molecule has 1 aliphatic heterocycles. The molecule has 7 heteroatoms. The van der Waals surface area contributed by atoms with Gasteiger partial charge in [0, 0.05) is 65.2 Å². The van der Waals surface area contributed by atoms with Crippen LogP contribution in [0.4, 0.5) is 5.69 Å². The molecule has 170 valence electrons. The number of nitrogens with zero attached hydrogens (tertiary/aromatic N) is 3. The zero-order valence-electron chi connectivity index (χ0n) is 18.5. The Labute approximate surface area is 197 Å². The van der Waals surface area contributed by atoms with Crippen molar-refractivity contribution in [3.8, 4) is 5.88 Å². The highest BCUT2D eigenvalue weighted by atomic mass is 35.5. The molecule has 2 aromatic carbocycles. The summed E-state index contributed by atoms with van der Waals surface area (Å²) in [5, 5.41) is 4.04. The van der Waals surface area contributed by atoms with Gasteiger partial charge in [-0.2, -0.15) is 4.98 Å². The van der Waals surface area contributed by atoms with Gasteiger partial charge in [-0.15, -0.1) is 0 Å². The van der Waals surface area contributed by atoms with Crippen LogP contribution < -0.4 is 15.2 Å². The second-order valence-electron chi connectivity index (χ2n) is 8.41. The second-order valence-corrected chi connectivity index (χ2v) is 8.81.